The molecule has 0 amide bonds. The molecule has 2 rings (SSSR count). The Morgan fingerprint density at radius 1 is 1.69 bits per heavy atom. The summed E-state index contributed by atoms with van der Waals surface area (Å²) in [5.41, 5.74) is 7.31. The molecule has 1 aliphatic rings. The molecule has 0 spiro atoms. The SMILES string of the molecule is CCn1ncc(Br)c1C(N)C1CCC(C)O1. The van der Waals surface area contributed by atoms with Crippen molar-refractivity contribution in [3.8, 4) is 0 Å². The van der Waals surface area contributed by atoms with Crippen LogP contribution < -0.4 is 5.73 Å². The second kappa shape index (κ2) is 4.85. The molecule has 3 unspecified atom stereocenters. The molecule has 2 heterocycles. The van der Waals surface area contributed by atoms with Gasteiger partial charge in [-0.25, -0.2) is 0 Å². The van der Waals surface area contributed by atoms with Crippen LogP contribution in [-0.2, 0) is 11.3 Å². The second-order valence-corrected chi connectivity index (χ2v) is 5.14. The smallest absolute Gasteiger partial charge is 0.0787 e. The Hall–Kier alpha value is -0.390. The fourth-order valence-electron chi connectivity index (χ4n) is 2.23. The Morgan fingerprint density at radius 3 is 3.00 bits per heavy atom. The van der Waals surface area contributed by atoms with Gasteiger partial charge in [-0.05, 0) is 42.6 Å². The molecule has 3 atom stereocenters. The first kappa shape index (κ1) is 12.1. The summed E-state index contributed by atoms with van der Waals surface area (Å²) < 4.78 is 8.72. The number of hydrogen-bond donors (Lipinski definition) is 1. The van der Waals surface area contributed by atoms with Crippen molar-refractivity contribution in [1.82, 2.24) is 9.78 Å². The van der Waals surface area contributed by atoms with E-state index >= 15 is 0 Å². The fraction of sp³-hybridized carbons (Fsp3) is 0.727. The van der Waals surface area contributed by atoms with Crippen LogP contribution in [0.5, 0.6) is 0 Å². The molecule has 90 valence electrons. The number of aromatic nitrogens is 2. The fourth-order valence-corrected chi connectivity index (χ4v) is 2.79. The lowest BCUT2D eigenvalue weighted by Gasteiger charge is -2.20. The van der Waals surface area contributed by atoms with Gasteiger partial charge >= 0.3 is 0 Å². The largest absolute Gasteiger partial charge is 0.373 e. The first-order valence-corrected chi connectivity index (χ1v) is 6.55. The minimum Gasteiger partial charge on any atom is -0.373 e. The van der Waals surface area contributed by atoms with Gasteiger partial charge in [-0.2, -0.15) is 5.10 Å². The van der Waals surface area contributed by atoms with Crippen molar-refractivity contribution in [2.24, 2.45) is 5.73 Å². The minimum absolute atomic E-state index is 0.0956. The van der Waals surface area contributed by atoms with Crippen LogP contribution in [0.25, 0.3) is 0 Å². The van der Waals surface area contributed by atoms with E-state index in [1.807, 2.05) is 4.68 Å². The molecule has 1 saturated heterocycles. The zero-order chi connectivity index (χ0) is 11.7. The van der Waals surface area contributed by atoms with Crippen LogP contribution in [0.3, 0.4) is 0 Å². The van der Waals surface area contributed by atoms with E-state index in [1.54, 1.807) is 6.20 Å². The molecule has 2 N–H and O–H groups in total. The lowest BCUT2D eigenvalue weighted by Crippen LogP contribution is -2.29. The van der Waals surface area contributed by atoms with Crippen LogP contribution in [0, 0.1) is 0 Å². The summed E-state index contributed by atoms with van der Waals surface area (Å²) >= 11 is 3.50. The van der Waals surface area contributed by atoms with Crippen molar-refractivity contribution in [2.45, 2.75) is 51.5 Å². The third-order valence-electron chi connectivity index (χ3n) is 3.11. The zero-order valence-corrected chi connectivity index (χ0v) is 11.3. The topological polar surface area (TPSA) is 53.1 Å². The molecule has 0 aliphatic carbocycles. The zero-order valence-electron chi connectivity index (χ0n) is 9.69. The highest BCUT2D eigenvalue weighted by Crippen LogP contribution is 2.31. The van der Waals surface area contributed by atoms with E-state index in [0.717, 1.165) is 29.6 Å². The van der Waals surface area contributed by atoms with E-state index in [-0.39, 0.29) is 12.1 Å². The third kappa shape index (κ3) is 2.17. The van der Waals surface area contributed by atoms with Gasteiger partial charge in [-0.1, -0.05) is 0 Å². The van der Waals surface area contributed by atoms with Crippen molar-refractivity contribution in [1.29, 1.82) is 0 Å². The molecule has 0 radical (unpaired) electrons. The molecule has 0 bridgehead atoms. The van der Waals surface area contributed by atoms with Crippen molar-refractivity contribution >= 4 is 15.9 Å². The summed E-state index contributed by atoms with van der Waals surface area (Å²) in [5.74, 6) is 0. The van der Waals surface area contributed by atoms with Crippen molar-refractivity contribution in [2.75, 3.05) is 0 Å². The molecule has 0 saturated carbocycles. The predicted molar refractivity (Wildman–Crippen MR) is 66.1 cm³/mol. The van der Waals surface area contributed by atoms with Gasteiger partial charge in [0.1, 0.15) is 0 Å². The summed E-state index contributed by atoms with van der Waals surface area (Å²) in [6.07, 6.45) is 4.37. The number of rotatable bonds is 3. The lowest BCUT2D eigenvalue weighted by atomic mass is 10.1. The normalized spacial score (nSPS) is 27.2. The number of nitrogens with zero attached hydrogens (tertiary/aromatic N) is 2. The number of hydrogen-bond acceptors (Lipinski definition) is 3. The quantitative estimate of drug-likeness (QED) is 0.928. The number of halogens is 1. The molecule has 16 heavy (non-hydrogen) atoms. The van der Waals surface area contributed by atoms with E-state index in [0.29, 0.717) is 6.10 Å². The van der Waals surface area contributed by atoms with E-state index in [9.17, 15) is 0 Å². The Morgan fingerprint density at radius 2 is 2.44 bits per heavy atom. The van der Waals surface area contributed by atoms with Crippen molar-refractivity contribution < 1.29 is 4.74 Å². The molecule has 1 aliphatic heterocycles. The van der Waals surface area contributed by atoms with Gasteiger partial charge in [-0.15, -0.1) is 0 Å². The van der Waals surface area contributed by atoms with Crippen LogP contribution in [0.2, 0.25) is 0 Å². The van der Waals surface area contributed by atoms with Crippen LogP contribution in [0.15, 0.2) is 10.7 Å². The molecule has 1 fully saturated rings. The van der Waals surface area contributed by atoms with Crippen LogP contribution in [0.4, 0.5) is 0 Å². The van der Waals surface area contributed by atoms with Gasteiger partial charge in [0, 0.05) is 6.54 Å². The molecular weight excluding hydrogens is 270 g/mol. The average Bonchev–Trinajstić information content (AvgIpc) is 2.83. The molecule has 1 aromatic rings. The van der Waals surface area contributed by atoms with Crippen LogP contribution >= 0.6 is 15.9 Å². The summed E-state index contributed by atoms with van der Waals surface area (Å²) in [5, 5.41) is 4.28. The van der Waals surface area contributed by atoms with E-state index in [4.69, 9.17) is 10.5 Å². The maximum atomic E-state index is 6.27. The van der Waals surface area contributed by atoms with E-state index in [1.165, 1.54) is 0 Å². The van der Waals surface area contributed by atoms with Crippen molar-refractivity contribution in [3.05, 3.63) is 16.4 Å². The number of aryl methyl sites for hydroxylation is 1. The molecule has 0 aromatic carbocycles. The maximum Gasteiger partial charge on any atom is 0.0787 e. The predicted octanol–water partition coefficient (Wildman–Crippen LogP) is 2.23. The number of nitrogens with two attached hydrogens (primary N) is 1. The molecular formula is C11H18BrN3O. The Kier molecular flexibility index (Phi) is 3.66. The summed E-state index contributed by atoms with van der Waals surface area (Å²) in [6.45, 7) is 4.99. The first-order valence-electron chi connectivity index (χ1n) is 5.75. The number of ether oxygens (including phenoxy) is 1. The Labute approximate surface area is 104 Å². The van der Waals surface area contributed by atoms with Gasteiger partial charge in [0.05, 0.1) is 34.6 Å². The highest BCUT2D eigenvalue weighted by Gasteiger charge is 2.31. The molecule has 1 aromatic heterocycles. The standard InChI is InChI=1S/C11H18BrN3O/c1-3-15-11(8(12)6-14-15)10(13)9-5-4-7(2)16-9/h6-7,9-10H,3-5,13H2,1-2H3. The third-order valence-corrected chi connectivity index (χ3v) is 3.72. The van der Waals surface area contributed by atoms with Crippen LogP contribution in [-0.4, -0.2) is 22.0 Å². The Bertz CT molecular complexity index is 366. The molecule has 5 heteroatoms. The van der Waals surface area contributed by atoms with Gasteiger partial charge in [0.2, 0.25) is 0 Å². The first-order chi connectivity index (χ1) is 7.63. The van der Waals surface area contributed by atoms with Crippen molar-refractivity contribution in [3.63, 3.8) is 0 Å². The average molecular weight is 288 g/mol. The maximum absolute atomic E-state index is 6.27. The summed E-state index contributed by atoms with van der Waals surface area (Å²) in [7, 11) is 0. The highest BCUT2D eigenvalue weighted by atomic mass is 79.9. The Balaban J connectivity index is 2.19. The van der Waals surface area contributed by atoms with Gasteiger partial charge in [-0.3, -0.25) is 4.68 Å². The molecule has 4 nitrogen and oxygen atoms in total. The van der Waals surface area contributed by atoms with E-state index < -0.39 is 0 Å². The van der Waals surface area contributed by atoms with Gasteiger partial charge < -0.3 is 10.5 Å². The minimum atomic E-state index is -0.0956. The summed E-state index contributed by atoms with van der Waals surface area (Å²) in [6, 6.07) is -0.0956. The highest BCUT2D eigenvalue weighted by molar-refractivity contribution is 9.10. The van der Waals surface area contributed by atoms with E-state index in [2.05, 4.69) is 34.9 Å². The van der Waals surface area contributed by atoms with Crippen LogP contribution in [0.1, 0.15) is 38.4 Å². The lowest BCUT2D eigenvalue weighted by molar-refractivity contribution is 0.0383. The van der Waals surface area contributed by atoms with Gasteiger partial charge in [0.25, 0.3) is 0 Å². The second-order valence-electron chi connectivity index (χ2n) is 4.28. The monoisotopic (exact) mass is 287 g/mol. The summed E-state index contributed by atoms with van der Waals surface area (Å²) in [4.78, 5) is 0. The van der Waals surface area contributed by atoms with Gasteiger partial charge in [0.15, 0.2) is 0 Å².